The third kappa shape index (κ3) is 2.82. The van der Waals surface area contributed by atoms with Gasteiger partial charge in [-0.2, -0.15) is 0 Å². The molecule has 0 bridgehead atoms. The summed E-state index contributed by atoms with van der Waals surface area (Å²) in [5.41, 5.74) is 1.17. The lowest BCUT2D eigenvalue weighted by Crippen LogP contribution is -2.28. The van der Waals surface area contributed by atoms with Crippen molar-refractivity contribution >= 4 is 5.82 Å². The van der Waals surface area contributed by atoms with Crippen LogP contribution in [0.15, 0.2) is 18.2 Å². The lowest BCUT2D eigenvalue weighted by molar-refractivity contribution is 0.0904. The van der Waals surface area contributed by atoms with E-state index in [1.807, 2.05) is 0 Å². The van der Waals surface area contributed by atoms with E-state index in [9.17, 15) is 0 Å². The van der Waals surface area contributed by atoms with Gasteiger partial charge in [0.25, 0.3) is 0 Å². The van der Waals surface area contributed by atoms with E-state index in [0.717, 1.165) is 38.4 Å². The van der Waals surface area contributed by atoms with Crippen molar-refractivity contribution in [3.05, 3.63) is 23.9 Å². The molecule has 0 aromatic carbocycles. The van der Waals surface area contributed by atoms with Crippen molar-refractivity contribution in [2.45, 2.75) is 37.8 Å². The van der Waals surface area contributed by atoms with E-state index < -0.39 is 0 Å². The van der Waals surface area contributed by atoms with Gasteiger partial charge in [-0.3, -0.25) is 0 Å². The molecule has 0 aliphatic carbocycles. The SMILES string of the molecule is c1cc(NC2CCOCC2)nc([C@H]2CCCN2)c1. The Morgan fingerprint density at radius 1 is 1.22 bits per heavy atom. The van der Waals surface area contributed by atoms with E-state index in [2.05, 4.69) is 28.8 Å². The molecule has 1 atom stereocenters. The first-order valence-electron chi connectivity index (χ1n) is 6.96. The Labute approximate surface area is 108 Å². The molecule has 3 heterocycles. The second kappa shape index (κ2) is 5.67. The summed E-state index contributed by atoms with van der Waals surface area (Å²) in [5, 5.41) is 7.02. The van der Waals surface area contributed by atoms with Gasteiger partial charge < -0.3 is 15.4 Å². The van der Waals surface area contributed by atoms with Crippen molar-refractivity contribution < 1.29 is 4.74 Å². The van der Waals surface area contributed by atoms with Gasteiger partial charge >= 0.3 is 0 Å². The summed E-state index contributed by atoms with van der Waals surface area (Å²) in [7, 11) is 0. The normalized spacial score (nSPS) is 25.2. The minimum Gasteiger partial charge on any atom is -0.381 e. The molecule has 0 amide bonds. The number of hydrogen-bond donors (Lipinski definition) is 2. The number of nitrogens with zero attached hydrogens (tertiary/aromatic N) is 1. The molecule has 4 nitrogen and oxygen atoms in total. The average molecular weight is 247 g/mol. The van der Waals surface area contributed by atoms with Crippen LogP contribution in [0.25, 0.3) is 0 Å². The van der Waals surface area contributed by atoms with Crippen LogP contribution in [-0.4, -0.2) is 30.8 Å². The van der Waals surface area contributed by atoms with E-state index in [0.29, 0.717) is 12.1 Å². The minimum atomic E-state index is 0.446. The summed E-state index contributed by atoms with van der Waals surface area (Å²) in [6, 6.07) is 7.25. The first-order chi connectivity index (χ1) is 8.92. The highest BCUT2D eigenvalue weighted by Crippen LogP contribution is 2.23. The first-order valence-corrected chi connectivity index (χ1v) is 6.96. The van der Waals surface area contributed by atoms with Gasteiger partial charge in [-0.25, -0.2) is 4.98 Å². The number of nitrogens with one attached hydrogen (secondary N) is 2. The second-order valence-corrected chi connectivity index (χ2v) is 5.13. The molecule has 2 aliphatic rings. The summed E-state index contributed by atoms with van der Waals surface area (Å²) < 4.78 is 5.37. The lowest BCUT2D eigenvalue weighted by Gasteiger charge is -2.24. The van der Waals surface area contributed by atoms with Crippen molar-refractivity contribution in [3.8, 4) is 0 Å². The Kier molecular flexibility index (Phi) is 3.76. The van der Waals surface area contributed by atoms with Gasteiger partial charge in [-0.15, -0.1) is 0 Å². The molecule has 0 spiro atoms. The molecule has 0 unspecified atom stereocenters. The predicted octanol–water partition coefficient (Wildman–Crippen LogP) is 2.10. The van der Waals surface area contributed by atoms with Crippen LogP contribution < -0.4 is 10.6 Å². The maximum absolute atomic E-state index is 5.37. The van der Waals surface area contributed by atoms with Crippen LogP contribution in [0, 0.1) is 0 Å². The molecule has 98 valence electrons. The van der Waals surface area contributed by atoms with Crippen molar-refractivity contribution in [2.75, 3.05) is 25.1 Å². The average Bonchev–Trinajstić information content (AvgIpc) is 2.94. The molecule has 1 aromatic rings. The summed E-state index contributed by atoms with van der Waals surface area (Å²) in [6.07, 6.45) is 4.61. The highest BCUT2D eigenvalue weighted by molar-refractivity contribution is 5.37. The van der Waals surface area contributed by atoms with Crippen LogP contribution in [0.3, 0.4) is 0 Å². The van der Waals surface area contributed by atoms with Crippen molar-refractivity contribution in [1.29, 1.82) is 0 Å². The third-order valence-corrected chi connectivity index (χ3v) is 3.76. The number of rotatable bonds is 3. The van der Waals surface area contributed by atoms with Crippen molar-refractivity contribution in [2.24, 2.45) is 0 Å². The maximum Gasteiger partial charge on any atom is 0.126 e. The molecule has 2 N–H and O–H groups in total. The molecule has 0 radical (unpaired) electrons. The monoisotopic (exact) mass is 247 g/mol. The van der Waals surface area contributed by atoms with Crippen LogP contribution >= 0.6 is 0 Å². The molecule has 2 fully saturated rings. The quantitative estimate of drug-likeness (QED) is 0.858. The van der Waals surface area contributed by atoms with Gasteiger partial charge in [-0.1, -0.05) is 6.07 Å². The van der Waals surface area contributed by atoms with Crippen LogP contribution in [0.4, 0.5) is 5.82 Å². The molecule has 18 heavy (non-hydrogen) atoms. The number of ether oxygens (including phenoxy) is 1. The van der Waals surface area contributed by atoms with E-state index in [4.69, 9.17) is 9.72 Å². The topological polar surface area (TPSA) is 46.2 Å². The molecule has 3 rings (SSSR count). The second-order valence-electron chi connectivity index (χ2n) is 5.13. The van der Waals surface area contributed by atoms with Crippen molar-refractivity contribution in [3.63, 3.8) is 0 Å². The molecule has 0 saturated carbocycles. The van der Waals surface area contributed by atoms with Gasteiger partial charge in [0, 0.05) is 25.3 Å². The molecular weight excluding hydrogens is 226 g/mol. The van der Waals surface area contributed by atoms with Crippen LogP contribution in [-0.2, 0) is 4.74 Å². The summed E-state index contributed by atoms with van der Waals surface area (Å²) in [6.45, 7) is 2.84. The van der Waals surface area contributed by atoms with Gasteiger partial charge in [0.1, 0.15) is 5.82 Å². The highest BCUT2D eigenvalue weighted by Gasteiger charge is 2.18. The maximum atomic E-state index is 5.37. The zero-order chi connectivity index (χ0) is 12.2. The summed E-state index contributed by atoms with van der Waals surface area (Å²) in [4.78, 5) is 4.73. The standard InChI is InChI=1S/C14H21N3O/c1-3-13(12-4-2-8-15-12)17-14(5-1)16-11-6-9-18-10-7-11/h1,3,5,11-12,15H,2,4,6-10H2,(H,16,17)/t12-/m1/s1. The number of hydrogen-bond acceptors (Lipinski definition) is 4. The van der Waals surface area contributed by atoms with Crippen molar-refractivity contribution in [1.82, 2.24) is 10.3 Å². The largest absolute Gasteiger partial charge is 0.381 e. The molecule has 4 heteroatoms. The zero-order valence-corrected chi connectivity index (χ0v) is 10.7. The fourth-order valence-electron chi connectivity index (χ4n) is 2.71. The van der Waals surface area contributed by atoms with Gasteiger partial charge in [-0.05, 0) is 44.4 Å². The number of pyridine rings is 1. The fraction of sp³-hybridized carbons (Fsp3) is 0.643. The zero-order valence-electron chi connectivity index (χ0n) is 10.7. The minimum absolute atomic E-state index is 0.446. The van der Waals surface area contributed by atoms with Gasteiger partial charge in [0.2, 0.25) is 0 Å². The fourth-order valence-corrected chi connectivity index (χ4v) is 2.71. The van der Waals surface area contributed by atoms with E-state index >= 15 is 0 Å². The predicted molar refractivity (Wildman–Crippen MR) is 71.7 cm³/mol. The Morgan fingerprint density at radius 3 is 2.89 bits per heavy atom. The molecule has 1 aromatic heterocycles. The van der Waals surface area contributed by atoms with Crippen LogP contribution in [0.1, 0.15) is 37.4 Å². The van der Waals surface area contributed by atoms with E-state index in [-0.39, 0.29) is 0 Å². The van der Waals surface area contributed by atoms with Gasteiger partial charge in [0.15, 0.2) is 0 Å². The third-order valence-electron chi connectivity index (χ3n) is 3.76. The molecule has 2 aliphatic heterocycles. The highest BCUT2D eigenvalue weighted by atomic mass is 16.5. The van der Waals surface area contributed by atoms with E-state index in [1.54, 1.807) is 0 Å². The smallest absolute Gasteiger partial charge is 0.126 e. The number of aromatic nitrogens is 1. The Morgan fingerprint density at radius 2 is 2.11 bits per heavy atom. The van der Waals surface area contributed by atoms with Crippen LogP contribution in [0.5, 0.6) is 0 Å². The molecule has 2 saturated heterocycles. The summed E-state index contributed by atoms with van der Waals surface area (Å²) in [5.74, 6) is 1.01. The first kappa shape index (κ1) is 11.9. The van der Waals surface area contributed by atoms with E-state index in [1.165, 1.54) is 18.5 Å². The summed E-state index contributed by atoms with van der Waals surface area (Å²) >= 11 is 0. The molecular formula is C14H21N3O. The van der Waals surface area contributed by atoms with Crippen LogP contribution in [0.2, 0.25) is 0 Å². The number of anilines is 1. The Hall–Kier alpha value is -1.13. The Bertz CT molecular complexity index is 384. The Balaban J connectivity index is 1.66. The van der Waals surface area contributed by atoms with Gasteiger partial charge in [0.05, 0.1) is 5.69 Å². The lowest BCUT2D eigenvalue weighted by atomic mass is 10.1.